The first-order valence-electron chi connectivity index (χ1n) is 5.66. The van der Waals surface area contributed by atoms with Crippen LogP contribution in [-0.4, -0.2) is 13.0 Å². The first-order chi connectivity index (χ1) is 8.43. The van der Waals surface area contributed by atoms with Gasteiger partial charge in [0.25, 0.3) is 9.05 Å². The molecule has 0 saturated carbocycles. The van der Waals surface area contributed by atoms with Gasteiger partial charge in [-0.1, -0.05) is 13.3 Å². The van der Waals surface area contributed by atoms with Crippen molar-refractivity contribution < 1.29 is 12.8 Å². The molecule has 6 heteroatoms. The molecule has 0 saturated heterocycles. The van der Waals surface area contributed by atoms with Gasteiger partial charge in [-0.25, -0.2) is 12.8 Å². The Kier molecular flexibility index (Phi) is 3.64. The summed E-state index contributed by atoms with van der Waals surface area (Å²) in [5.41, 5.74) is 0.684. The lowest BCUT2D eigenvalue weighted by atomic mass is 10.2. The molecule has 0 N–H and O–H groups in total. The van der Waals surface area contributed by atoms with Crippen molar-refractivity contribution >= 4 is 30.6 Å². The number of rotatable bonds is 4. The van der Waals surface area contributed by atoms with E-state index in [2.05, 4.69) is 0 Å². The van der Waals surface area contributed by atoms with Crippen molar-refractivity contribution in [3.05, 3.63) is 30.2 Å². The van der Waals surface area contributed by atoms with Gasteiger partial charge in [-0.2, -0.15) is 0 Å². The highest BCUT2D eigenvalue weighted by Gasteiger charge is 2.19. The van der Waals surface area contributed by atoms with Crippen LogP contribution in [0.4, 0.5) is 4.39 Å². The van der Waals surface area contributed by atoms with Gasteiger partial charge in [-0.15, -0.1) is 0 Å². The van der Waals surface area contributed by atoms with Crippen LogP contribution in [-0.2, 0) is 15.6 Å². The standard InChI is InChI=1S/C12H13ClFNO2S/c1-2-3-6-15-8-12(18(13,16)17)10-7-9(14)4-5-11(10)15/h4-5,7-8H,2-3,6H2,1H3. The zero-order valence-corrected chi connectivity index (χ0v) is 11.4. The Labute approximate surface area is 110 Å². The van der Waals surface area contributed by atoms with E-state index < -0.39 is 14.9 Å². The molecule has 0 fully saturated rings. The minimum Gasteiger partial charge on any atom is -0.346 e. The number of fused-ring (bicyclic) bond motifs is 1. The van der Waals surface area contributed by atoms with E-state index >= 15 is 0 Å². The molecule has 1 aromatic carbocycles. The number of halogens is 2. The molecule has 2 aromatic rings. The smallest absolute Gasteiger partial charge is 0.263 e. The van der Waals surface area contributed by atoms with Crippen molar-refractivity contribution in [2.75, 3.05) is 0 Å². The molecule has 0 aliphatic rings. The molecule has 2 rings (SSSR count). The summed E-state index contributed by atoms with van der Waals surface area (Å²) in [4.78, 5) is -0.0326. The monoisotopic (exact) mass is 289 g/mol. The zero-order valence-electron chi connectivity index (χ0n) is 9.86. The van der Waals surface area contributed by atoms with Crippen LogP contribution in [0.15, 0.2) is 29.3 Å². The topological polar surface area (TPSA) is 39.1 Å². The zero-order chi connectivity index (χ0) is 13.3. The third-order valence-electron chi connectivity index (χ3n) is 2.82. The molecule has 0 unspecified atom stereocenters. The van der Waals surface area contributed by atoms with Gasteiger partial charge in [-0.3, -0.25) is 0 Å². The van der Waals surface area contributed by atoms with E-state index in [0.717, 1.165) is 12.8 Å². The molecule has 1 heterocycles. The predicted molar refractivity (Wildman–Crippen MR) is 69.8 cm³/mol. The van der Waals surface area contributed by atoms with Gasteiger partial charge in [0.05, 0.1) is 0 Å². The number of unbranched alkanes of at least 4 members (excludes halogenated alkanes) is 1. The molecule has 0 spiro atoms. The summed E-state index contributed by atoms with van der Waals surface area (Å²) in [7, 11) is 1.51. The third kappa shape index (κ3) is 2.52. The molecule has 0 aliphatic heterocycles. The quantitative estimate of drug-likeness (QED) is 0.808. The summed E-state index contributed by atoms with van der Waals surface area (Å²) in [6, 6.07) is 4.09. The molecule has 98 valence electrons. The molecule has 0 atom stereocenters. The van der Waals surface area contributed by atoms with Gasteiger partial charge in [0.2, 0.25) is 0 Å². The fourth-order valence-corrected chi connectivity index (χ4v) is 2.99. The Bertz CT molecular complexity index is 679. The van der Waals surface area contributed by atoms with E-state index in [4.69, 9.17) is 10.7 Å². The minimum absolute atomic E-state index is 0.0326. The largest absolute Gasteiger partial charge is 0.346 e. The molecular weight excluding hydrogens is 277 g/mol. The van der Waals surface area contributed by atoms with Crippen LogP contribution in [0.5, 0.6) is 0 Å². The van der Waals surface area contributed by atoms with Crippen molar-refractivity contribution in [3.8, 4) is 0 Å². The maximum Gasteiger partial charge on any atom is 0.263 e. The second-order valence-electron chi connectivity index (χ2n) is 4.14. The summed E-state index contributed by atoms with van der Waals surface area (Å²) in [6.07, 6.45) is 3.38. The first kappa shape index (κ1) is 13.4. The lowest BCUT2D eigenvalue weighted by molar-refractivity contribution is 0.608. The van der Waals surface area contributed by atoms with E-state index in [1.54, 1.807) is 10.6 Å². The Morgan fingerprint density at radius 3 is 2.72 bits per heavy atom. The number of aromatic nitrogens is 1. The van der Waals surface area contributed by atoms with Crippen molar-refractivity contribution in [3.63, 3.8) is 0 Å². The number of nitrogens with zero attached hydrogens (tertiary/aromatic N) is 1. The van der Waals surface area contributed by atoms with Crippen molar-refractivity contribution in [1.29, 1.82) is 0 Å². The van der Waals surface area contributed by atoms with Crippen molar-refractivity contribution in [1.82, 2.24) is 4.57 Å². The lowest BCUT2D eigenvalue weighted by Gasteiger charge is -2.03. The van der Waals surface area contributed by atoms with Crippen LogP contribution in [0.2, 0.25) is 0 Å². The fourth-order valence-electron chi connectivity index (χ4n) is 1.94. The molecule has 18 heavy (non-hydrogen) atoms. The SMILES string of the molecule is CCCCn1cc(S(=O)(=O)Cl)c2cc(F)ccc21. The van der Waals surface area contributed by atoms with Gasteiger partial charge < -0.3 is 4.57 Å². The van der Waals surface area contributed by atoms with Crippen molar-refractivity contribution in [2.24, 2.45) is 0 Å². The van der Waals surface area contributed by atoms with Crippen LogP contribution in [0.1, 0.15) is 19.8 Å². The van der Waals surface area contributed by atoms with Gasteiger partial charge in [-0.05, 0) is 24.6 Å². The Balaban J connectivity index is 2.67. The second kappa shape index (κ2) is 4.90. The second-order valence-corrected chi connectivity index (χ2v) is 6.67. The Morgan fingerprint density at radius 1 is 1.39 bits per heavy atom. The number of hydrogen-bond donors (Lipinski definition) is 0. The van der Waals surface area contributed by atoms with Gasteiger partial charge in [0, 0.05) is 34.3 Å². The molecule has 0 amide bonds. The highest BCUT2D eigenvalue weighted by molar-refractivity contribution is 8.14. The van der Waals surface area contributed by atoms with E-state index in [9.17, 15) is 12.8 Å². The van der Waals surface area contributed by atoms with Crippen LogP contribution in [0, 0.1) is 5.82 Å². The average molecular weight is 290 g/mol. The summed E-state index contributed by atoms with van der Waals surface area (Å²) in [5, 5.41) is 0.334. The summed E-state index contributed by atoms with van der Waals surface area (Å²) >= 11 is 0. The molecule has 0 aliphatic carbocycles. The van der Waals surface area contributed by atoms with Crippen molar-refractivity contribution in [2.45, 2.75) is 31.2 Å². The van der Waals surface area contributed by atoms with Crippen LogP contribution < -0.4 is 0 Å². The van der Waals surface area contributed by atoms with E-state index in [1.165, 1.54) is 18.3 Å². The maximum atomic E-state index is 13.2. The van der Waals surface area contributed by atoms with E-state index in [0.29, 0.717) is 17.4 Å². The molecule has 0 bridgehead atoms. The lowest BCUT2D eigenvalue weighted by Crippen LogP contribution is -1.95. The highest BCUT2D eigenvalue weighted by Crippen LogP contribution is 2.28. The third-order valence-corrected chi connectivity index (χ3v) is 4.17. The molecule has 0 radical (unpaired) electrons. The predicted octanol–water partition coefficient (Wildman–Crippen LogP) is 3.51. The van der Waals surface area contributed by atoms with Crippen LogP contribution in [0.25, 0.3) is 10.9 Å². The molecular formula is C12H13ClFNO2S. The molecule has 3 nitrogen and oxygen atoms in total. The van der Waals surface area contributed by atoms with Crippen LogP contribution in [0.3, 0.4) is 0 Å². The number of aryl methyl sites for hydroxylation is 1. The number of benzene rings is 1. The fraction of sp³-hybridized carbons (Fsp3) is 0.333. The van der Waals surface area contributed by atoms with Gasteiger partial charge in [0.15, 0.2) is 0 Å². The average Bonchev–Trinajstić information content (AvgIpc) is 2.64. The van der Waals surface area contributed by atoms with Gasteiger partial charge in [0.1, 0.15) is 10.7 Å². The first-order valence-corrected chi connectivity index (χ1v) is 7.97. The Hall–Kier alpha value is -1.07. The highest BCUT2D eigenvalue weighted by atomic mass is 35.7. The molecule has 1 aromatic heterocycles. The van der Waals surface area contributed by atoms with E-state index in [1.807, 2.05) is 6.92 Å². The minimum atomic E-state index is -3.87. The Morgan fingerprint density at radius 2 is 2.11 bits per heavy atom. The number of hydrogen-bond acceptors (Lipinski definition) is 2. The van der Waals surface area contributed by atoms with Gasteiger partial charge >= 0.3 is 0 Å². The normalized spacial score (nSPS) is 12.2. The van der Waals surface area contributed by atoms with E-state index in [-0.39, 0.29) is 4.90 Å². The summed E-state index contributed by atoms with van der Waals surface area (Å²) in [6.45, 7) is 2.73. The summed E-state index contributed by atoms with van der Waals surface area (Å²) < 4.78 is 38.0. The summed E-state index contributed by atoms with van der Waals surface area (Å²) in [5.74, 6) is -0.475. The van der Waals surface area contributed by atoms with Crippen LogP contribution >= 0.6 is 10.7 Å². The maximum absolute atomic E-state index is 13.2.